The summed E-state index contributed by atoms with van der Waals surface area (Å²) in [6, 6.07) is 0.319. The Morgan fingerprint density at radius 1 is 0.960 bits per heavy atom. The molecule has 6 nitrogen and oxygen atoms in total. The number of hydrogen-bond acceptors (Lipinski definition) is 6. The molecule has 1 fully saturated rings. The summed E-state index contributed by atoms with van der Waals surface area (Å²) < 4.78 is 0. The first-order valence-corrected chi connectivity index (χ1v) is 9.39. The van der Waals surface area contributed by atoms with E-state index < -0.39 is 0 Å². The van der Waals surface area contributed by atoms with Crippen LogP contribution in [-0.4, -0.2) is 39.1 Å². The van der Waals surface area contributed by atoms with Crippen molar-refractivity contribution in [2.75, 3.05) is 23.3 Å². The first-order chi connectivity index (χ1) is 12.1. The van der Waals surface area contributed by atoms with Gasteiger partial charge in [0.2, 0.25) is 0 Å². The van der Waals surface area contributed by atoms with E-state index in [9.17, 15) is 0 Å². The molecule has 0 spiro atoms. The smallest absolute Gasteiger partial charge is 0.151 e. The molecule has 2 aromatic rings. The average Bonchev–Trinajstić information content (AvgIpc) is 2.64. The first-order valence-electron chi connectivity index (χ1n) is 8.64. The highest BCUT2D eigenvalue weighted by molar-refractivity contribution is 6.33. The molecule has 0 saturated carbocycles. The molecule has 8 heteroatoms. The first kappa shape index (κ1) is 18.1. The van der Waals surface area contributed by atoms with Crippen molar-refractivity contribution in [3.8, 4) is 0 Å². The number of rotatable bonds is 5. The van der Waals surface area contributed by atoms with Crippen molar-refractivity contribution in [1.82, 2.24) is 19.9 Å². The normalized spacial score (nSPS) is 15.4. The van der Waals surface area contributed by atoms with Gasteiger partial charge in [0.1, 0.15) is 28.5 Å². The quantitative estimate of drug-likeness (QED) is 0.850. The summed E-state index contributed by atoms with van der Waals surface area (Å²) >= 11 is 12.8. The molecule has 1 aliphatic rings. The summed E-state index contributed by atoms with van der Waals surface area (Å²) in [6.07, 6.45) is 6.68. The van der Waals surface area contributed by atoms with Gasteiger partial charge in [0.25, 0.3) is 0 Å². The fraction of sp³-hybridized carbons (Fsp3) is 0.529. The summed E-state index contributed by atoms with van der Waals surface area (Å²) in [5.41, 5.74) is 1.77. The molecule has 0 radical (unpaired) electrons. The van der Waals surface area contributed by atoms with Gasteiger partial charge in [-0.15, -0.1) is 0 Å². The van der Waals surface area contributed by atoms with Gasteiger partial charge < -0.3 is 10.2 Å². The molecule has 0 aromatic carbocycles. The maximum atomic E-state index is 6.45. The summed E-state index contributed by atoms with van der Waals surface area (Å²) in [5, 5.41) is 4.75. The zero-order valence-corrected chi connectivity index (χ0v) is 16.0. The van der Waals surface area contributed by atoms with Gasteiger partial charge in [0, 0.05) is 19.1 Å². The van der Waals surface area contributed by atoms with Crippen molar-refractivity contribution in [3.63, 3.8) is 0 Å². The van der Waals surface area contributed by atoms with E-state index in [1.807, 2.05) is 13.8 Å². The van der Waals surface area contributed by atoms with Crippen LogP contribution in [0.5, 0.6) is 0 Å². The van der Waals surface area contributed by atoms with Crippen LogP contribution < -0.4 is 10.2 Å². The second kappa shape index (κ2) is 8.15. The number of anilines is 2. The highest BCUT2D eigenvalue weighted by Crippen LogP contribution is 2.29. The minimum atomic E-state index is 0.319. The Morgan fingerprint density at radius 3 is 2.20 bits per heavy atom. The molecule has 0 bridgehead atoms. The fourth-order valence-corrected chi connectivity index (χ4v) is 3.68. The third-order valence-corrected chi connectivity index (χ3v) is 5.29. The van der Waals surface area contributed by atoms with Crippen molar-refractivity contribution in [3.05, 3.63) is 34.1 Å². The predicted octanol–water partition coefficient (Wildman–Crippen LogP) is 3.78. The molecule has 2 aromatic heterocycles. The van der Waals surface area contributed by atoms with Crippen LogP contribution in [-0.2, 0) is 12.8 Å². The molecular formula is C17H22Cl2N6. The SMILES string of the molecule is CCc1ncnc(NC2CCN(c3ncnc(CC)c3Cl)CC2)c1Cl. The lowest BCUT2D eigenvalue weighted by Gasteiger charge is -2.34. The number of piperidine rings is 1. The van der Waals surface area contributed by atoms with Crippen molar-refractivity contribution in [2.24, 2.45) is 0 Å². The van der Waals surface area contributed by atoms with Crippen molar-refractivity contribution in [2.45, 2.75) is 45.6 Å². The van der Waals surface area contributed by atoms with E-state index in [0.717, 1.165) is 61.8 Å². The van der Waals surface area contributed by atoms with E-state index in [-0.39, 0.29) is 0 Å². The average molecular weight is 381 g/mol. The number of aryl methyl sites for hydroxylation is 2. The highest BCUT2D eigenvalue weighted by Gasteiger charge is 2.23. The third-order valence-electron chi connectivity index (χ3n) is 4.51. The Labute approximate surface area is 158 Å². The molecule has 3 rings (SSSR count). The summed E-state index contributed by atoms with van der Waals surface area (Å²) in [4.78, 5) is 19.3. The zero-order valence-electron chi connectivity index (χ0n) is 14.5. The van der Waals surface area contributed by atoms with E-state index in [4.69, 9.17) is 23.2 Å². The molecule has 0 amide bonds. The summed E-state index contributed by atoms with van der Waals surface area (Å²) in [7, 11) is 0. The molecule has 1 N–H and O–H groups in total. The van der Waals surface area contributed by atoms with Crippen molar-refractivity contribution < 1.29 is 0 Å². The number of hydrogen-bond donors (Lipinski definition) is 1. The third kappa shape index (κ3) is 3.96. The van der Waals surface area contributed by atoms with Crippen molar-refractivity contribution >= 4 is 34.8 Å². The standard InChI is InChI=1S/C17H22Cl2N6/c1-3-12-14(18)16(22-9-20-12)24-11-5-7-25(8-6-11)17-15(19)13(4-2)21-10-23-17/h9-11H,3-8H2,1-2H3,(H,20,22,24). The monoisotopic (exact) mass is 380 g/mol. The minimum absolute atomic E-state index is 0.319. The van der Waals surface area contributed by atoms with Gasteiger partial charge in [0.15, 0.2) is 5.82 Å². The maximum absolute atomic E-state index is 6.45. The van der Waals surface area contributed by atoms with Gasteiger partial charge in [-0.1, -0.05) is 37.0 Å². The summed E-state index contributed by atoms with van der Waals surface area (Å²) in [6.45, 7) is 5.83. The zero-order chi connectivity index (χ0) is 17.8. The number of nitrogens with zero attached hydrogens (tertiary/aromatic N) is 5. The van der Waals surface area contributed by atoms with Gasteiger partial charge in [-0.05, 0) is 25.7 Å². The molecule has 1 aliphatic heterocycles. The number of halogens is 2. The van der Waals surface area contributed by atoms with Crippen LogP contribution in [0.2, 0.25) is 10.0 Å². The molecule has 25 heavy (non-hydrogen) atoms. The van der Waals surface area contributed by atoms with E-state index in [2.05, 4.69) is 30.2 Å². The van der Waals surface area contributed by atoms with Gasteiger partial charge in [-0.25, -0.2) is 19.9 Å². The Hall–Kier alpha value is -1.66. The Bertz CT molecular complexity index is 731. The van der Waals surface area contributed by atoms with Crippen LogP contribution in [0.1, 0.15) is 38.1 Å². The molecule has 134 valence electrons. The van der Waals surface area contributed by atoms with Crippen LogP contribution in [0.3, 0.4) is 0 Å². The van der Waals surface area contributed by atoms with Gasteiger partial charge >= 0.3 is 0 Å². The highest BCUT2D eigenvalue weighted by atomic mass is 35.5. The second-order valence-electron chi connectivity index (χ2n) is 6.05. The van der Waals surface area contributed by atoms with Crippen LogP contribution in [0, 0.1) is 0 Å². The van der Waals surface area contributed by atoms with Crippen LogP contribution in [0.25, 0.3) is 0 Å². The van der Waals surface area contributed by atoms with E-state index >= 15 is 0 Å². The lowest BCUT2D eigenvalue weighted by Crippen LogP contribution is -2.40. The lowest BCUT2D eigenvalue weighted by atomic mass is 10.0. The van der Waals surface area contributed by atoms with Gasteiger partial charge in [-0.3, -0.25) is 0 Å². The molecule has 0 unspecified atom stereocenters. The number of aromatic nitrogens is 4. The van der Waals surface area contributed by atoms with Crippen LogP contribution in [0.4, 0.5) is 11.6 Å². The molecule has 3 heterocycles. The lowest BCUT2D eigenvalue weighted by molar-refractivity contribution is 0.522. The van der Waals surface area contributed by atoms with Crippen LogP contribution in [0.15, 0.2) is 12.7 Å². The summed E-state index contributed by atoms with van der Waals surface area (Å²) in [5.74, 6) is 1.56. The Kier molecular flexibility index (Phi) is 5.91. The minimum Gasteiger partial charge on any atom is -0.366 e. The predicted molar refractivity (Wildman–Crippen MR) is 102 cm³/mol. The second-order valence-corrected chi connectivity index (χ2v) is 6.81. The topological polar surface area (TPSA) is 66.8 Å². The van der Waals surface area contributed by atoms with E-state index in [1.165, 1.54) is 0 Å². The molecular weight excluding hydrogens is 359 g/mol. The van der Waals surface area contributed by atoms with Gasteiger partial charge in [-0.2, -0.15) is 0 Å². The largest absolute Gasteiger partial charge is 0.366 e. The Morgan fingerprint density at radius 2 is 1.56 bits per heavy atom. The van der Waals surface area contributed by atoms with E-state index in [0.29, 0.717) is 16.1 Å². The van der Waals surface area contributed by atoms with Gasteiger partial charge in [0.05, 0.1) is 11.4 Å². The number of nitrogens with one attached hydrogen (secondary N) is 1. The van der Waals surface area contributed by atoms with Crippen molar-refractivity contribution in [1.29, 1.82) is 0 Å². The fourth-order valence-electron chi connectivity index (χ4n) is 3.05. The molecule has 1 saturated heterocycles. The maximum Gasteiger partial charge on any atom is 0.151 e. The molecule has 0 aliphatic carbocycles. The van der Waals surface area contributed by atoms with Crippen LogP contribution >= 0.6 is 23.2 Å². The molecule has 0 atom stereocenters. The van der Waals surface area contributed by atoms with E-state index in [1.54, 1.807) is 12.7 Å². The Balaban J connectivity index is 1.65.